The number of amides is 1. The number of benzene rings is 1. The van der Waals surface area contributed by atoms with Crippen LogP contribution in [0.15, 0.2) is 24.4 Å². The third-order valence-corrected chi connectivity index (χ3v) is 4.15. The lowest BCUT2D eigenvalue weighted by atomic mass is 10.0. The normalized spacial score (nSPS) is 12.9. The van der Waals surface area contributed by atoms with Gasteiger partial charge in [-0.2, -0.15) is 0 Å². The van der Waals surface area contributed by atoms with Crippen molar-refractivity contribution in [2.45, 2.75) is 44.9 Å². The van der Waals surface area contributed by atoms with Crippen LogP contribution < -0.4 is 11.5 Å². The van der Waals surface area contributed by atoms with E-state index in [1.54, 1.807) is 13.1 Å². The molecule has 2 aromatic rings. The summed E-state index contributed by atoms with van der Waals surface area (Å²) in [5.41, 5.74) is 11.0. The highest BCUT2D eigenvalue weighted by atomic mass is 16.6. The summed E-state index contributed by atoms with van der Waals surface area (Å²) in [7, 11) is 0. The van der Waals surface area contributed by atoms with Gasteiger partial charge in [-0.3, -0.25) is 24.4 Å². The highest BCUT2D eigenvalue weighted by Gasteiger charge is 2.23. The van der Waals surface area contributed by atoms with Gasteiger partial charge in [0, 0.05) is 31.6 Å². The minimum atomic E-state index is -0.861. The lowest BCUT2D eigenvalue weighted by Crippen LogP contribution is -2.37. The number of nitro groups is 1. The van der Waals surface area contributed by atoms with Crippen molar-refractivity contribution in [3.05, 3.63) is 45.8 Å². The molecule has 1 aromatic heterocycles. The van der Waals surface area contributed by atoms with Crippen LogP contribution in [0.25, 0.3) is 0 Å². The Morgan fingerprint density at radius 3 is 2.76 bits per heavy atom. The SMILES string of the molecule is CCC(=O)OC(Cc1cn(CCC(N)C(N)=O)nn1)c1ccc(O)c([N+](=O)[O-])c1. The van der Waals surface area contributed by atoms with Crippen molar-refractivity contribution in [1.82, 2.24) is 15.0 Å². The number of hydrogen-bond acceptors (Lipinski definition) is 9. The van der Waals surface area contributed by atoms with E-state index in [1.165, 1.54) is 16.8 Å². The van der Waals surface area contributed by atoms with Crippen molar-refractivity contribution in [3.8, 4) is 5.75 Å². The molecular formula is C17H22N6O6. The first-order valence-electron chi connectivity index (χ1n) is 8.82. The van der Waals surface area contributed by atoms with Crippen molar-refractivity contribution >= 4 is 17.6 Å². The molecule has 12 nitrogen and oxygen atoms in total. The van der Waals surface area contributed by atoms with Crippen LogP contribution >= 0.6 is 0 Å². The Hall–Kier alpha value is -3.54. The second-order valence-electron chi connectivity index (χ2n) is 6.31. The summed E-state index contributed by atoms with van der Waals surface area (Å²) in [4.78, 5) is 33.2. The van der Waals surface area contributed by atoms with E-state index in [2.05, 4.69) is 10.3 Å². The average molecular weight is 406 g/mol. The molecule has 2 atom stereocenters. The number of aromatic hydroxyl groups is 1. The molecule has 0 aliphatic heterocycles. The van der Waals surface area contributed by atoms with Gasteiger partial charge in [0.2, 0.25) is 5.91 Å². The fourth-order valence-corrected chi connectivity index (χ4v) is 2.50. The largest absolute Gasteiger partial charge is 0.502 e. The van der Waals surface area contributed by atoms with Crippen LogP contribution in [0.1, 0.15) is 37.1 Å². The molecule has 0 aliphatic carbocycles. The minimum absolute atomic E-state index is 0.107. The van der Waals surface area contributed by atoms with Crippen molar-refractivity contribution in [3.63, 3.8) is 0 Å². The molecule has 0 fully saturated rings. The zero-order valence-electron chi connectivity index (χ0n) is 15.7. The molecule has 12 heteroatoms. The average Bonchev–Trinajstić information content (AvgIpc) is 3.12. The van der Waals surface area contributed by atoms with Gasteiger partial charge < -0.3 is 21.3 Å². The standard InChI is InChI=1S/C17H22N6O6/c1-2-16(25)29-15(10-3-4-14(24)13(7-10)23(27)28)8-11-9-22(21-20-11)6-5-12(18)17(19)26/h3-4,7,9,12,15,24H,2,5-6,8,18H2,1H3,(H2,19,26). The highest BCUT2D eigenvalue weighted by molar-refractivity contribution is 5.79. The summed E-state index contributed by atoms with van der Waals surface area (Å²) in [6.45, 7) is 1.93. The van der Waals surface area contributed by atoms with Gasteiger partial charge in [0.05, 0.1) is 16.7 Å². The predicted molar refractivity (Wildman–Crippen MR) is 99.4 cm³/mol. The number of carbonyl (C=O) groups is 2. The molecule has 156 valence electrons. The first-order valence-corrected chi connectivity index (χ1v) is 8.82. The van der Waals surface area contributed by atoms with Crippen LogP contribution in [0.5, 0.6) is 5.75 Å². The quantitative estimate of drug-likeness (QED) is 0.283. The molecule has 0 aliphatic rings. The molecule has 2 rings (SSSR count). The monoisotopic (exact) mass is 406 g/mol. The zero-order chi connectivity index (χ0) is 21.6. The van der Waals surface area contributed by atoms with Gasteiger partial charge in [0.1, 0.15) is 6.10 Å². The molecule has 0 bridgehead atoms. The van der Waals surface area contributed by atoms with Crippen LogP contribution in [0.2, 0.25) is 0 Å². The topological polar surface area (TPSA) is 189 Å². The van der Waals surface area contributed by atoms with Gasteiger partial charge >= 0.3 is 11.7 Å². The zero-order valence-corrected chi connectivity index (χ0v) is 15.7. The van der Waals surface area contributed by atoms with Gasteiger partial charge in [0.25, 0.3) is 0 Å². The molecule has 0 saturated carbocycles. The van der Waals surface area contributed by atoms with E-state index < -0.39 is 40.4 Å². The molecule has 0 radical (unpaired) electrons. The second-order valence-corrected chi connectivity index (χ2v) is 6.31. The predicted octanol–water partition coefficient (Wildman–Crippen LogP) is 0.332. The Morgan fingerprint density at radius 2 is 2.14 bits per heavy atom. The van der Waals surface area contributed by atoms with Crippen LogP contribution in [0, 0.1) is 10.1 Å². The van der Waals surface area contributed by atoms with Gasteiger partial charge in [-0.25, -0.2) is 0 Å². The van der Waals surface area contributed by atoms with Crippen LogP contribution in [-0.2, 0) is 27.3 Å². The van der Waals surface area contributed by atoms with Crippen molar-refractivity contribution in [1.29, 1.82) is 0 Å². The van der Waals surface area contributed by atoms with E-state index in [1.807, 2.05) is 0 Å². The van der Waals surface area contributed by atoms with Crippen LogP contribution in [-0.4, -0.2) is 42.9 Å². The smallest absolute Gasteiger partial charge is 0.311 e. The summed E-state index contributed by atoms with van der Waals surface area (Å²) in [6.07, 6.45) is 1.23. The minimum Gasteiger partial charge on any atom is -0.502 e. The van der Waals surface area contributed by atoms with E-state index in [-0.39, 0.29) is 19.3 Å². The Bertz CT molecular complexity index is 898. The van der Waals surface area contributed by atoms with Gasteiger partial charge in [-0.15, -0.1) is 5.10 Å². The summed E-state index contributed by atoms with van der Waals surface area (Å²) < 4.78 is 6.87. The van der Waals surface area contributed by atoms with Gasteiger partial charge in [0.15, 0.2) is 5.75 Å². The number of rotatable bonds is 10. The molecular weight excluding hydrogens is 384 g/mol. The number of ether oxygens (including phenoxy) is 1. The number of primary amides is 1. The number of phenols is 1. The number of nitrogens with two attached hydrogens (primary N) is 2. The molecule has 1 aromatic carbocycles. The molecule has 1 heterocycles. The van der Waals surface area contributed by atoms with Crippen LogP contribution in [0.3, 0.4) is 0 Å². The number of esters is 1. The van der Waals surface area contributed by atoms with E-state index in [9.17, 15) is 24.8 Å². The number of phenolic OH excluding ortho intramolecular Hbond substituents is 1. The maximum absolute atomic E-state index is 11.8. The number of aromatic nitrogens is 3. The molecule has 1 amide bonds. The van der Waals surface area contributed by atoms with E-state index in [4.69, 9.17) is 16.2 Å². The van der Waals surface area contributed by atoms with Crippen LogP contribution in [0.4, 0.5) is 5.69 Å². The molecule has 29 heavy (non-hydrogen) atoms. The fraction of sp³-hybridized carbons (Fsp3) is 0.412. The molecule has 2 unspecified atom stereocenters. The first-order chi connectivity index (χ1) is 13.7. The molecule has 0 saturated heterocycles. The van der Waals surface area contributed by atoms with E-state index in [0.29, 0.717) is 17.8 Å². The first kappa shape index (κ1) is 21.8. The molecule has 5 N–H and O–H groups in total. The van der Waals surface area contributed by atoms with E-state index in [0.717, 1.165) is 6.07 Å². The van der Waals surface area contributed by atoms with Crippen molar-refractivity contribution in [2.24, 2.45) is 11.5 Å². The summed E-state index contributed by atoms with van der Waals surface area (Å²) in [5, 5.41) is 28.6. The summed E-state index contributed by atoms with van der Waals surface area (Å²) in [6, 6.07) is 2.95. The number of nitro benzene ring substituents is 1. The number of aryl methyl sites for hydroxylation is 1. The Morgan fingerprint density at radius 1 is 1.41 bits per heavy atom. The Labute approximate surface area is 165 Å². The second kappa shape index (κ2) is 9.59. The third kappa shape index (κ3) is 5.97. The summed E-state index contributed by atoms with van der Waals surface area (Å²) in [5.74, 6) is -1.60. The third-order valence-electron chi connectivity index (χ3n) is 4.15. The Kier molecular flexibility index (Phi) is 7.20. The summed E-state index contributed by atoms with van der Waals surface area (Å²) >= 11 is 0. The van der Waals surface area contributed by atoms with Gasteiger partial charge in [-0.05, 0) is 18.1 Å². The van der Waals surface area contributed by atoms with E-state index >= 15 is 0 Å². The van der Waals surface area contributed by atoms with Crippen molar-refractivity contribution in [2.75, 3.05) is 0 Å². The maximum Gasteiger partial charge on any atom is 0.311 e. The number of nitrogens with zero attached hydrogens (tertiary/aromatic N) is 4. The number of hydrogen-bond donors (Lipinski definition) is 3. The lowest BCUT2D eigenvalue weighted by molar-refractivity contribution is -0.386. The fourth-order valence-electron chi connectivity index (χ4n) is 2.50. The van der Waals surface area contributed by atoms with Crippen molar-refractivity contribution < 1.29 is 24.4 Å². The molecule has 0 spiro atoms. The Balaban J connectivity index is 2.20. The lowest BCUT2D eigenvalue weighted by Gasteiger charge is -2.17. The highest BCUT2D eigenvalue weighted by Crippen LogP contribution is 2.31. The number of carbonyl (C=O) groups excluding carboxylic acids is 2. The van der Waals surface area contributed by atoms with Gasteiger partial charge in [-0.1, -0.05) is 18.2 Å². The maximum atomic E-state index is 11.8.